The van der Waals surface area contributed by atoms with Gasteiger partial charge in [-0.2, -0.15) is 0 Å². The molecule has 2 unspecified atom stereocenters. The summed E-state index contributed by atoms with van der Waals surface area (Å²) < 4.78 is 5.09. The molecule has 0 aromatic heterocycles. The first-order valence-corrected chi connectivity index (χ1v) is 11.2. The van der Waals surface area contributed by atoms with Gasteiger partial charge in [0.05, 0.1) is 12.6 Å². The molecule has 0 aromatic rings. The van der Waals surface area contributed by atoms with Crippen LogP contribution in [0.15, 0.2) is 12.7 Å². The Morgan fingerprint density at radius 1 is 1.32 bits per heavy atom. The van der Waals surface area contributed by atoms with E-state index in [4.69, 9.17) is 4.74 Å². The minimum Gasteiger partial charge on any atom is -0.445 e. The molecule has 31 heavy (non-hydrogen) atoms. The minimum atomic E-state index is -1.07. The van der Waals surface area contributed by atoms with E-state index in [9.17, 15) is 19.5 Å². The van der Waals surface area contributed by atoms with Crippen molar-refractivity contribution in [2.24, 2.45) is 5.92 Å². The van der Waals surface area contributed by atoms with Gasteiger partial charge in [-0.15, -0.1) is 5.92 Å². The summed E-state index contributed by atoms with van der Waals surface area (Å²) in [5.41, 5.74) is -1.07. The topological polar surface area (TPSA) is 99.2 Å². The number of aliphatic hydroxyl groups excluding tert-OH is 1. The largest absolute Gasteiger partial charge is 0.445 e. The molecule has 1 spiro atoms. The van der Waals surface area contributed by atoms with Crippen molar-refractivity contribution >= 4 is 17.9 Å². The van der Waals surface area contributed by atoms with Crippen LogP contribution in [-0.4, -0.2) is 76.7 Å². The molecule has 3 amide bonds. The monoisotopic (exact) mass is 431 g/mol. The van der Waals surface area contributed by atoms with Crippen molar-refractivity contribution in [3.05, 3.63) is 12.7 Å². The number of nitrogens with zero attached hydrogens (tertiary/aromatic N) is 2. The van der Waals surface area contributed by atoms with Gasteiger partial charge in [-0.1, -0.05) is 37.8 Å². The molecule has 1 aliphatic carbocycles. The number of piperidine rings is 1. The van der Waals surface area contributed by atoms with E-state index in [2.05, 4.69) is 23.7 Å². The number of hydrogen-bond donors (Lipinski definition) is 2. The fraction of sp³-hybridized carbons (Fsp3) is 0.696. The molecular formula is C23H33N3O5. The number of aliphatic hydroxyl groups is 1. The summed E-state index contributed by atoms with van der Waals surface area (Å²) in [6.07, 6.45) is 5.66. The molecule has 3 aliphatic rings. The fourth-order valence-corrected chi connectivity index (χ4v) is 4.98. The van der Waals surface area contributed by atoms with Gasteiger partial charge in [0.2, 0.25) is 11.8 Å². The van der Waals surface area contributed by atoms with Gasteiger partial charge in [-0.25, -0.2) is 4.79 Å². The number of hydrogen-bond acceptors (Lipinski definition) is 5. The maximum Gasteiger partial charge on any atom is 0.410 e. The van der Waals surface area contributed by atoms with E-state index >= 15 is 0 Å². The Kier molecular flexibility index (Phi) is 7.60. The summed E-state index contributed by atoms with van der Waals surface area (Å²) in [6.45, 7) is 6.05. The zero-order chi connectivity index (χ0) is 22.4. The summed E-state index contributed by atoms with van der Waals surface area (Å²) in [7, 11) is 0. The predicted molar refractivity (Wildman–Crippen MR) is 115 cm³/mol. The van der Waals surface area contributed by atoms with Crippen molar-refractivity contribution in [2.45, 2.75) is 69.6 Å². The lowest BCUT2D eigenvalue weighted by atomic mass is 9.78. The molecule has 2 atom stereocenters. The van der Waals surface area contributed by atoms with Gasteiger partial charge in [0.15, 0.2) is 0 Å². The first kappa shape index (κ1) is 23.1. The van der Waals surface area contributed by atoms with E-state index < -0.39 is 23.8 Å². The normalized spacial score (nSPS) is 24.8. The third kappa shape index (κ3) is 4.72. The average molecular weight is 432 g/mol. The van der Waals surface area contributed by atoms with Gasteiger partial charge < -0.3 is 25.0 Å². The highest BCUT2D eigenvalue weighted by molar-refractivity contribution is 6.00. The summed E-state index contributed by atoms with van der Waals surface area (Å²) in [4.78, 5) is 42.0. The molecule has 2 aliphatic heterocycles. The van der Waals surface area contributed by atoms with E-state index in [0.717, 1.165) is 32.1 Å². The van der Waals surface area contributed by atoms with E-state index in [1.807, 2.05) is 0 Å². The van der Waals surface area contributed by atoms with Gasteiger partial charge in [-0.05, 0) is 38.5 Å². The number of piperazine rings is 1. The molecule has 8 nitrogen and oxygen atoms in total. The highest BCUT2D eigenvalue weighted by Gasteiger charge is 2.55. The minimum absolute atomic E-state index is 0.0117. The van der Waals surface area contributed by atoms with Crippen LogP contribution in [0.5, 0.6) is 0 Å². The second-order valence-electron chi connectivity index (χ2n) is 8.58. The predicted octanol–water partition coefficient (Wildman–Crippen LogP) is 1.44. The Morgan fingerprint density at radius 3 is 2.61 bits per heavy atom. The second-order valence-corrected chi connectivity index (χ2v) is 8.58. The Hall–Kier alpha value is -2.53. The van der Waals surface area contributed by atoms with Crippen LogP contribution in [0.1, 0.15) is 51.9 Å². The van der Waals surface area contributed by atoms with E-state index in [-0.39, 0.29) is 30.9 Å². The van der Waals surface area contributed by atoms with Crippen LogP contribution in [0.4, 0.5) is 4.79 Å². The van der Waals surface area contributed by atoms with Gasteiger partial charge in [0.25, 0.3) is 0 Å². The highest BCUT2D eigenvalue weighted by atomic mass is 16.6. The Labute approximate surface area is 184 Å². The van der Waals surface area contributed by atoms with Crippen molar-refractivity contribution in [3.63, 3.8) is 0 Å². The molecule has 170 valence electrons. The van der Waals surface area contributed by atoms with Crippen molar-refractivity contribution < 1.29 is 24.2 Å². The molecule has 1 saturated carbocycles. The quantitative estimate of drug-likeness (QED) is 0.507. The first-order chi connectivity index (χ1) is 14.9. The van der Waals surface area contributed by atoms with Crippen molar-refractivity contribution in [2.75, 3.05) is 26.2 Å². The number of ether oxygens (including phenoxy) is 1. The van der Waals surface area contributed by atoms with Gasteiger partial charge >= 0.3 is 6.09 Å². The highest BCUT2D eigenvalue weighted by Crippen LogP contribution is 2.35. The van der Waals surface area contributed by atoms with Crippen LogP contribution in [0, 0.1) is 17.8 Å². The molecule has 2 saturated heterocycles. The van der Waals surface area contributed by atoms with E-state index in [1.54, 1.807) is 11.8 Å². The molecular weight excluding hydrogens is 398 g/mol. The van der Waals surface area contributed by atoms with Gasteiger partial charge in [0.1, 0.15) is 18.2 Å². The zero-order valence-corrected chi connectivity index (χ0v) is 18.3. The number of nitrogens with one attached hydrogen (secondary N) is 1. The number of rotatable bonds is 5. The zero-order valence-electron chi connectivity index (χ0n) is 18.3. The Bertz CT molecular complexity index is 757. The average Bonchev–Trinajstić information content (AvgIpc) is 2.80. The summed E-state index contributed by atoms with van der Waals surface area (Å²) >= 11 is 0. The molecule has 3 rings (SSSR count). The lowest BCUT2D eigenvalue weighted by molar-refractivity contribution is -0.164. The Balaban J connectivity index is 1.77. The molecule has 2 heterocycles. The lowest BCUT2D eigenvalue weighted by Crippen LogP contribution is -2.75. The molecule has 2 N–H and O–H groups in total. The Morgan fingerprint density at radius 2 is 2.00 bits per heavy atom. The maximum absolute atomic E-state index is 13.5. The van der Waals surface area contributed by atoms with Crippen molar-refractivity contribution in [1.29, 1.82) is 0 Å². The van der Waals surface area contributed by atoms with Crippen molar-refractivity contribution in [1.82, 2.24) is 15.1 Å². The molecule has 0 aromatic carbocycles. The van der Waals surface area contributed by atoms with Crippen LogP contribution in [0.2, 0.25) is 0 Å². The first-order valence-electron chi connectivity index (χ1n) is 11.2. The molecule has 3 fully saturated rings. The number of carbonyl (C=O) groups is 3. The summed E-state index contributed by atoms with van der Waals surface area (Å²) in [6, 6.07) is -0.949. The summed E-state index contributed by atoms with van der Waals surface area (Å²) in [5, 5.41) is 13.8. The van der Waals surface area contributed by atoms with E-state index in [1.165, 1.54) is 11.0 Å². The third-order valence-electron chi connectivity index (χ3n) is 6.82. The number of carbonyl (C=O) groups excluding carboxylic acids is 3. The van der Waals surface area contributed by atoms with Crippen LogP contribution >= 0.6 is 0 Å². The molecule has 0 radical (unpaired) electrons. The standard InChI is InChI=1S/C23H33N3O5/c1-3-5-13-26-20(28)18(19(27)17-9-7-6-8-10-17)24-21(29)23(26)11-14-25(15-12-23)22(30)31-16-4-2/h4,17-19,27H,2,6-16H2,1H3,(H,24,29). The lowest BCUT2D eigenvalue weighted by Gasteiger charge is -2.51. The van der Waals surface area contributed by atoms with Crippen LogP contribution in [0.3, 0.4) is 0 Å². The van der Waals surface area contributed by atoms with Gasteiger partial charge in [0, 0.05) is 13.1 Å². The number of likely N-dealkylation sites (tertiary alicyclic amines) is 1. The maximum atomic E-state index is 13.5. The number of amides is 3. The summed E-state index contributed by atoms with van der Waals surface area (Å²) in [5.74, 6) is 5.17. The smallest absolute Gasteiger partial charge is 0.410 e. The van der Waals surface area contributed by atoms with Crippen LogP contribution in [-0.2, 0) is 14.3 Å². The molecule has 0 bridgehead atoms. The SMILES string of the molecule is C=CCOC(=O)N1CCC2(CC1)C(=O)NC(C(O)C1CCCCC1)C(=O)N2CC#CC. The van der Waals surface area contributed by atoms with Crippen molar-refractivity contribution in [3.8, 4) is 11.8 Å². The van der Waals surface area contributed by atoms with Gasteiger partial charge in [-0.3, -0.25) is 9.59 Å². The fourth-order valence-electron chi connectivity index (χ4n) is 4.98. The third-order valence-corrected chi connectivity index (χ3v) is 6.82. The second kappa shape index (κ2) is 10.2. The van der Waals surface area contributed by atoms with Crippen LogP contribution < -0.4 is 5.32 Å². The van der Waals surface area contributed by atoms with E-state index in [0.29, 0.717) is 25.9 Å². The van der Waals surface area contributed by atoms with Crippen LogP contribution in [0.25, 0.3) is 0 Å². The molecule has 8 heteroatoms.